The van der Waals surface area contributed by atoms with Crippen molar-refractivity contribution in [3.8, 4) is 0 Å². The topological polar surface area (TPSA) is 0 Å². The predicted octanol–water partition coefficient (Wildman–Crippen LogP) is 4.48. The van der Waals surface area contributed by atoms with E-state index in [2.05, 4.69) is 18.7 Å². The van der Waals surface area contributed by atoms with Gasteiger partial charge in [0, 0.05) is 0 Å². The molecule has 2 atom stereocenters. The summed E-state index contributed by atoms with van der Waals surface area (Å²) < 4.78 is 0. The molecule has 0 aliphatic heterocycles. The summed E-state index contributed by atoms with van der Waals surface area (Å²) >= 11 is 0. The van der Waals surface area contributed by atoms with Crippen molar-refractivity contribution in [2.24, 2.45) is 11.8 Å². The molecule has 0 aromatic carbocycles. The molecule has 2 aliphatic carbocycles. The molecule has 78 valence electrons. The minimum absolute atomic E-state index is 1.04. The Morgan fingerprint density at radius 1 is 1.07 bits per heavy atom. The van der Waals surface area contributed by atoms with Gasteiger partial charge in [-0.15, -0.1) is 0 Å². The third-order valence-corrected chi connectivity index (χ3v) is 4.07. The van der Waals surface area contributed by atoms with Crippen LogP contribution in [-0.2, 0) is 0 Å². The van der Waals surface area contributed by atoms with Crippen LogP contribution in [0, 0.1) is 11.8 Å². The molecule has 1 saturated carbocycles. The van der Waals surface area contributed by atoms with E-state index in [9.17, 15) is 0 Å². The molecular formula is C14H22. The van der Waals surface area contributed by atoms with Crippen LogP contribution in [0.25, 0.3) is 0 Å². The second kappa shape index (κ2) is 4.82. The van der Waals surface area contributed by atoms with Gasteiger partial charge in [-0.25, -0.2) is 0 Å². The molecule has 0 amide bonds. The molecule has 1 fully saturated rings. The molecule has 0 saturated heterocycles. The van der Waals surface area contributed by atoms with Crippen LogP contribution in [0.15, 0.2) is 24.3 Å². The first-order valence-electron chi connectivity index (χ1n) is 6.21. The lowest BCUT2D eigenvalue weighted by molar-refractivity contribution is 0.342. The van der Waals surface area contributed by atoms with E-state index < -0.39 is 0 Å². The zero-order chi connectivity index (χ0) is 9.80. The van der Waals surface area contributed by atoms with E-state index in [4.69, 9.17) is 0 Å². The highest BCUT2D eigenvalue weighted by molar-refractivity contribution is 5.16. The summed E-state index contributed by atoms with van der Waals surface area (Å²) in [7, 11) is 0. The first-order chi connectivity index (χ1) is 6.90. The van der Waals surface area contributed by atoms with Gasteiger partial charge in [-0.3, -0.25) is 0 Å². The minimum Gasteiger partial charge on any atom is -0.0988 e. The second-order valence-corrected chi connectivity index (χ2v) is 4.90. The lowest BCUT2D eigenvalue weighted by atomic mass is 9.88. The van der Waals surface area contributed by atoms with Crippen LogP contribution in [0.5, 0.6) is 0 Å². The number of rotatable bonds is 1. The van der Waals surface area contributed by atoms with Crippen LogP contribution in [0.4, 0.5) is 0 Å². The normalized spacial score (nSPS) is 37.3. The van der Waals surface area contributed by atoms with Gasteiger partial charge in [-0.1, -0.05) is 43.6 Å². The molecule has 2 aliphatic rings. The van der Waals surface area contributed by atoms with E-state index in [0.717, 1.165) is 11.8 Å². The van der Waals surface area contributed by atoms with Gasteiger partial charge in [0.25, 0.3) is 0 Å². The number of hydrogen-bond acceptors (Lipinski definition) is 0. The van der Waals surface area contributed by atoms with Crippen LogP contribution in [0.1, 0.15) is 51.4 Å². The maximum atomic E-state index is 3.90. The van der Waals surface area contributed by atoms with Crippen molar-refractivity contribution < 1.29 is 0 Å². The quantitative estimate of drug-likeness (QED) is 0.572. The summed E-state index contributed by atoms with van der Waals surface area (Å²) in [4.78, 5) is 0. The van der Waals surface area contributed by atoms with E-state index in [-0.39, 0.29) is 0 Å². The monoisotopic (exact) mass is 190 g/mol. The summed E-state index contributed by atoms with van der Waals surface area (Å²) in [6.45, 7) is 3.90. The van der Waals surface area contributed by atoms with E-state index in [0.29, 0.717) is 0 Å². The zero-order valence-corrected chi connectivity index (χ0v) is 9.17. The Balaban J connectivity index is 1.98. The molecule has 0 heterocycles. The highest BCUT2D eigenvalue weighted by Crippen LogP contribution is 2.39. The lowest BCUT2D eigenvalue weighted by Gasteiger charge is -2.18. The molecule has 0 aromatic rings. The van der Waals surface area contributed by atoms with Gasteiger partial charge in [0.2, 0.25) is 0 Å². The van der Waals surface area contributed by atoms with Crippen LogP contribution >= 0.6 is 0 Å². The summed E-state index contributed by atoms with van der Waals surface area (Å²) in [5.41, 5.74) is 1.50. The number of fused-ring (bicyclic) bond motifs is 1. The van der Waals surface area contributed by atoms with Gasteiger partial charge in [-0.05, 0) is 43.9 Å². The molecule has 2 rings (SSSR count). The van der Waals surface area contributed by atoms with Crippen molar-refractivity contribution in [3.05, 3.63) is 24.3 Å². The van der Waals surface area contributed by atoms with E-state index >= 15 is 0 Å². The highest BCUT2D eigenvalue weighted by Gasteiger charge is 2.26. The minimum atomic E-state index is 1.04. The van der Waals surface area contributed by atoms with Crippen LogP contribution in [0.2, 0.25) is 0 Å². The maximum absolute atomic E-state index is 3.90. The molecule has 0 bridgehead atoms. The van der Waals surface area contributed by atoms with Gasteiger partial charge in [0.1, 0.15) is 0 Å². The molecule has 14 heavy (non-hydrogen) atoms. The maximum Gasteiger partial charge on any atom is -0.0280 e. The number of allylic oxidation sites excluding steroid dienone is 3. The fourth-order valence-corrected chi connectivity index (χ4v) is 3.18. The average molecular weight is 190 g/mol. The molecular weight excluding hydrogens is 168 g/mol. The molecule has 0 heteroatoms. The van der Waals surface area contributed by atoms with Gasteiger partial charge in [0.15, 0.2) is 0 Å². The van der Waals surface area contributed by atoms with Gasteiger partial charge < -0.3 is 0 Å². The Morgan fingerprint density at radius 2 is 1.79 bits per heavy atom. The van der Waals surface area contributed by atoms with Crippen molar-refractivity contribution in [3.63, 3.8) is 0 Å². The van der Waals surface area contributed by atoms with Crippen molar-refractivity contribution in [2.75, 3.05) is 0 Å². The summed E-state index contributed by atoms with van der Waals surface area (Å²) in [5.74, 6) is 2.10. The zero-order valence-electron chi connectivity index (χ0n) is 9.17. The Hall–Kier alpha value is -0.520. The third kappa shape index (κ3) is 2.29. The SMILES string of the molecule is C=C/C1=C/CCCC2CCCC2CC1. The van der Waals surface area contributed by atoms with Gasteiger partial charge >= 0.3 is 0 Å². The summed E-state index contributed by atoms with van der Waals surface area (Å²) in [5, 5.41) is 0. The first-order valence-corrected chi connectivity index (χ1v) is 6.21. The van der Waals surface area contributed by atoms with Crippen LogP contribution in [0.3, 0.4) is 0 Å². The Morgan fingerprint density at radius 3 is 2.57 bits per heavy atom. The molecule has 0 spiro atoms. The largest absolute Gasteiger partial charge is 0.0988 e. The Bertz CT molecular complexity index is 224. The Labute approximate surface area is 88.1 Å². The highest BCUT2D eigenvalue weighted by atomic mass is 14.3. The molecule has 0 N–H and O–H groups in total. The van der Waals surface area contributed by atoms with Gasteiger partial charge in [-0.2, -0.15) is 0 Å². The van der Waals surface area contributed by atoms with Crippen molar-refractivity contribution in [1.29, 1.82) is 0 Å². The van der Waals surface area contributed by atoms with Crippen LogP contribution in [-0.4, -0.2) is 0 Å². The van der Waals surface area contributed by atoms with Crippen molar-refractivity contribution >= 4 is 0 Å². The summed E-state index contributed by atoms with van der Waals surface area (Å²) in [6.07, 6.45) is 15.8. The molecule has 0 nitrogen and oxygen atoms in total. The van der Waals surface area contributed by atoms with E-state index in [1.807, 2.05) is 0 Å². The van der Waals surface area contributed by atoms with Gasteiger partial charge in [0.05, 0.1) is 0 Å². The molecule has 0 aromatic heterocycles. The lowest BCUT2D eigenvalue weighted by Crippen LogP contribution is -2.07. The van der Waals surface area contributed by atoms with Crippen LogP contribution < -0.4 is 0 Å². The van der Waals surface area contributed by atoms with E-state index in [1.165, 1.54) is 56.9 Å². The fraction of sp³-hybridized carbons (Fsp3) is 0.714. The Kier molecular flexibility index (Phi) is 3.44. The average Bonchev–Trinajstić information content (AvgIpc) is 2.64. The smallest absolute Gasteiger partial charge is 0.0280 e. The van der Waals surface area contributed by atoms with E-state index in [1.54, 1.807) is 0 Å². The predicted molar refractivity (Wildman–Crippen MR) is 62.2 cm³/mol. The number of hydrogen-bond donors (Lipinski definition) is 0. The molecule has 0 radical (unpaired) electrons. The molecule has 2 unspecified atom stereocenters. The van der Waals surface area contributed by atoms with Crippen molar-refractivity contribution in [1.82, 2.24) is 0 Å². The first kappa shape index (κ1) is 10.0. The second-order valence-electron chi connectivity index (χ2n) is 4.90. The standard InChI is InChI=1S/C14H22/c1-2-12-6-3-4-7-13-8-5-9-14(13)11-10-12/h2,6,13-14H,1,3-5,7-11H2/b12-6-. The summed E-state index contributed by atoms with van der Waals surface area (Å²) in [6, 6.07) is 0. The fourth-order valence-electron chi connectivity index (χ4n) is 3.18. The van der Waals surface area contributed by atoms with Crippen molar-refractivity contribution in [2.45, 2.75) is 51.4 Å². The third-order valence-electron chi connectivity index (χ3n) is 4.07.